The van der Waals surface area contributed by atoms with Crippen molar-refractivity contribution in [3.63, 3.8) is 0 Å². The van der Waals surface area contributed by atoms with Crippen molar-refractivity contribution >= 4 is 52.6 Å². The van der Waals surface area contributed by atoms with Gasteiger partial charge in [-0.1, -0.05) is 41.4 Å². The molecule has 2 aromatic rings. The first-order valence-corrected chi connectivity index (χ1v) is 12.6. The van der Waals surface area contributed by atoms with Crippen LogP contribution in [0, 0.1) is 0 Å². The fourth-order valence-electron chi connectivity index (χ4n) is 3.87. The number of piperidine rings is 1. The fourth-order valence-corrected chi connectivity index (χ4v) is 4.37. The highest BCUT2D eigenvalue weighted by atomic mass is 35.5. The lowest BCUT2D eigenvalue weighted by molar-refractivity contribution is -0.116. The van der Waals surface area contributed by atoms with Gasteiger partial charge in [-0.2, -0.15) is 0 Å². The molecule has 0 radical (unpaired) electrons. The molecule has 1 heterocycles. The molecule has 1 aliphatic rings. The van der Waals surface area contributed by atoms with Gasteiger partial charge >= 0.3 is 12.1 Å². The van der Waals surface area contributed by atoms with Gasteiger partial charge in [0.25, 0.3) is 0 Å². The number of amides is 4. The molecule has 2 aromatic carbocycles. The van der Waals surface area contributed by atoms with Crippen molar-refractivity contribution in [2.45, 2.75) is 51.6 Å². The van der Waals surface area contributed by atoms with Crippen LogP contribution < -0.4 is 16.0 Å². The maximum absolute atomic E-state index is 12.7. The molecule has 0 atom stereocenters. The minimum Gasteiger partial charge on any atom is -0.444 e. The van der Waals surface area contributed by atoms with Crippen LogP contribution in [0.1, 0.15) is 51.5 Å². The summed E-state index contributed by atoms with van der Waals surface area (Å²) in [5.74, 6) is 0.123. The first kappa shape index (κ1) is 27.6. The Balaban J connectivity index is 1.42. The van der Waals surface area contributed by atoms with Crippen LogP contribution in [0.25, 0.3) is 0 Å². The Bertz CT molecular complexity index is 1060. The van der Waals surface area contributed by atoms with Crippen LogP contribution in [0.3, 0.4) is 0 Å². The number of para-hydroxylation sites is 1. The van der Waals surface area contributed by atoms with Gasteiger partial charge in [0.2, 0.25) is 5.91 Å². The van der Waals surface area contributed by atoms with Gasteiger partial charge in [0.15, 0.2) is 0 Å². The van der Waals surface area contributed by atoms with Gasteiger partial charge in [-0.3, -0.25) is 4.79 Å². The van der Waals surface area contributed by atoms with E-state index in [1.54, 1.807) is 43.9 Å². The van der Waals surface area contributed by atoms with Crippen LogP contribution in [0.15, 0.2) is 42.5 Å². The predicted octanol–water partition coefficient (Wildman–Crippen LogP) is 6.26. The highest BCUT2D eigenvalue weighted by molar-refractivity contribution is 6.39. The van der Waals surface area contributed by atoms with Crippen molar-refractivity contribution in [1.29, 1.82) is 0 Å². The molecule has 1 fully saturated rings. The zero-order valence-corrected chi connectivity index (χ0v) is 22.2. The molecular weight excluding hydrogens is 503 g/mol. The van der Waals surface area contributed by atoms with Crippen molar-refractivity contribution < 1.29 is 19.1 Å². The number of likely N-dealkylation sites (tertiary alicyclic amines) is 1. The highest BCUT2D eigenvalue weighted by Crippen LogP contribution is 2.32. The van der Waals surface area contributed by atoms with E-state index < -0.39 is 11.7 Å². The number of hydrogen-bond acceptors (Lipinski definition) is 4. The minimum atomic E-state index is -0.581. The lowest BCUT2D eigenvalue weighted by Gasteiger charge is -2.32. The quantitative estimate of drug-likeness (QED) is 0.407. The Kier molecular flexibility index (Phi) is 9.45. The molecule has 1 aliphatic heterocycles. The second kappa shape index (κ2) is 12.3. The molecule has 36 heavy (non-hydrogen) atoms. The molecule has 0 aliphatic carbocycles. The largest absolute Gasteiger partial charge is 0.444 e. The van der Waals surface area contributed by atoms with E-state index in [1.165, 1.54) is 0 Å². The van der Waals surface area contributed by atoms with Crippen LogP contribution >= 0.6 is 23.2 Å². The number of benzene rings is 2. The molecule has 3 N–H and O–H groups in total. The Labute approximate surface area is 221 Å². The number of nitrogens with zero attached hydrogens (tertiary/aromatic N) is 1. The summed E-state index contributed by atoms with van der Waals surface area (Å²) in [6, 6.07) is 12.6. The molecule has 0 aromatic heterocycles. The van der Waals surface area contributed by atoms with E-state index >= 15 is 0 Å². The van der Waals surface area contributed by atoms with E-state index in [0.717, 1.165) is 18.4 Å². The lowest BCUT2D eigenvalue weighted by Crippen LogP contribution is -2.40. The van der Waals surface area contributed by atoms with E-state index in [2.05, 4.69) is 16.0 Å². The van der Waals surface area contributed by atoms with Crippen molar-refractivity contribution in [1.82, 2.24) is 10.2 Å². The summed E-state index contributed by atoms with van der Waals surface area (Å²) in [6.45, 7) is 6.75. The third-order valence-electron chi connectivity index (χ3n) is 5.66. The summed E-state index contributed by atoms with van der Waals surface area (Å²) in [7, 11) is 0. The standard InChI is InChI=1S/C26H32Cl2N4O4/c1-26(2,3)36-25(35)29-14-11-22(33)30-19-9-7-17(8-10-19)18-12-15-32(16-13-18)24(34)31-23-20(27)5-4-6-21(23)28/h4-10,18H,11-16H2,1-3H3,(H,29,35)(H,30,33)(H,31,34). The summed E-state index contributed by atoms with van der Waals surface area (Å²) >= 11 is 12.3. The van der Waals surface area contributed by atoms with Crippen molar-refractivity contribution in [3.05, 3.63) is 58.1 Å². The molecular formula is C26H32Cl2N4O4. The number of carbonyl (C=O) groups excluding carboxylic acids is 3. The number of hydrogen-bond donors (Lipinski definition) is 3. The first-order valence-electron chi connectivity index (χ1n) is 11.9. The molecule has 4 amide bonds. The highest BCUT2D eigenvalue weighted by Gasteiger charge is 2.25. The second-order valence-corrected chi connectivity index (χ2v) is 10.5. The van der Waals surface area contributed by atoms with Crippen LogP contribution in [0.2, 0.25) is 10.0 Å². The third-order valence-corrected chi connectivity index (χ3v) is 6.29. The van der Waals surface area contributed by atoms with Gasteiger partial charge in [-0.05, 0) is 69.4 Å². The Hall–Kier alpha value is -2.97. The summed E-state index contributed by atoms with van der Waals surface area (Å²) in [6.07, 6.45) is 1.24. The molecule has 0 bridgehead atoms. The number of nitrogens with one attached hydrogen (secondary N) is 3. The number of anilines is 2. The average Bonchev–Trinajstić information content (AvgIpc) is 2.81. The summed E-state index contributed by atoms with van der Waals surface area (Å²) in [4.78, 5) is 38.3. The van der Waals surface area contributed by atoms with E-state index in [1.807, 2.05) is 24.3 Å². The molecule has 0 saturated carbocycles. The zero-order chi connectivity index (χ0) is 26.3. The molecule has 0 unspecified atom stereocenters. The summed E-state index contributed by atoms with van der Waals surface area (Å²) in [5.41, 5.74) is 1.69. The maximum atomic E-state index is 12.7. The van der Waals surface area contributed by atoms with Crippen LogP contribution in [-0.4, -0.2) is 48.2 Å². The normalized spacial score (nSPS) is 14.2. The monoisotopic (exact) mass is 534 g/mol. The van der Waals surface area contributed by atoms with E-state index in [9.17, 15) is 14.4 Å². The molecule has 8 nitrogen and oxygen atoms in total. The number of ether oxygens (including phenoxy) is 1. The van der Waals surface area contributed by atoms with Crippen LogP contribution in [0.4, 0.5) is 21.0 Å². The van der Waals surface area contributed by atoms with Crippen molar-refractivity contribution in [2.75, 3.05) is 30.3 Å². The SMILES string of the molecule is CC(C)(C)OC(=O)NCCC(=O)Nc1ccc(C2CCN(C(=O)Nc3c(Cl)cccc3Cl)CC2)cc1. The number of rotatable bonds is 6. The first-order chi connectivity index (χ1) is 17.0. The van der Waals surface area contributed by atoms with Gasteiger partial charge < -0.3 is 25.6 Å². The summed E-state index contributed by atoms with van der Waals surface area (Å²) < 4.78 is 5.15. The Morgan fingerprint density at radius 3 is 2.17 bits per heavy atom. The lowest BCUT2D eigenvalue weighted by atomic mass is 9.89. The average molecular weight is 535 g/mol. The molecule has 3 rings (SSSR count). The van der Waals surface area contributed by atoms with Crippen LogP contribution in [-0.2, 0) is 9.53 Å². The Morgan fingerprint density at radius 1 is 0.972 bits per heavy atom. The van der Waals surface area contributed by atoms with E-state index in [4.69, 9.17) is 27.9 Å². The van der Waals surface area contributed by atoms with E-state index in [0.29, 0.717) is 40.4 Å². The predicted molar refractivity (Wildman–Crippen MR) is 143 cm³/mol. The minimum absolute atomic E-state index is 0.140. The second-order valence-electron chi connectivity index (χ2n) is 9.64. The summed E-state index contributed by atoms with van der Waals surface area (Å²) in [5, 5.41) is 9.02. The molecule has 10 heteroatoms. The van der Waals surface area contributed by atoms with Crippen LogP contribution in [0.5, 0.6) is 0 Å². The molecule has 0 spiro atoms. The maximum Gasteiger partial charge on any atom is 0.407 e. The van der Waals surface area contributed by atoms with Gasteiger partial charge in [-0.15, -0.1) is 0 Å². The number of halogens is 2. The van der Waals surface area contributed by atoms with Gasteiger partial charge in [-0.25, -0.2) is 9.59 Å². The molecule has 194 valence electrons. The number of alkyl carbamates (subject to hydrolysis) is 1. The smallest absolute Gasteiger partial charge is 0.407 e. The van der Waals surface area contributed by atoms with Gasteiger partial charge in [0.1, 0.15) is 5.60 Å². The zero-order valence-electron chi connectivity index (χ0n) is 20.7. The van der Waals surface area contributed by atoms with Gasteiger partial charge in [0, 0.05) is 31.7 Å². The fraction of sp³-hybridized carbons (Fsp3) is 0.423. The number of urea groups is 1. The van der Waals surface area contributed by atoms with E-state index in [-0.39, 0.29) is 24.9 Å². The van der Waals surface area contributed by atoms with Crippen molar-refractivity contribution in [2.24, 2.45) is 0 Å². The molecule has 1 saturated heterocycles. The third kappa shape index (κ3) is 8.31. The topological polar surface area (TPSA) is 99.8 Å². The Morgan fingerprint density at radius 2 is 1.58 bits per heavy atom. The number of carbonyl (C=O) groups is 3. The van der Waals surface area contributed by atoms with Gasteiger partial charge in [0.05, 0.1) is 15.7 Å². The van der Waals surface area contributed by atoms with Crippen molar-refractivity contribution in [3.8, 4) is 0 Å².